The zero-order valence-electron chi connectivity index (χ0n) is 5.51. The summed E-state index contributed by atoms with van der Waals surface area (Å²) in [7, 11) is 0. The number of aliphatic hydroxyl groups excluding tert-OH is 1. The Kier molecular flexibility index (Phi) is 2.13. The van der Waals surface area contributed by atoms with Crippen molar-refractivity contribution in [1.29, 1.82) is 0 Å². The lowest BCUT2D eigenvalue weighted by Gasteiger charge is -2.01. The Morgan fingerprint density at radius 2 is 2.33 bits per heavy atom. The van der Waals surface area contributed by atoms with Gasteiger partial charge in [-0.25, -0.2) is 0 Å². The zero-order chi connectivity index (χ0) is 6.69. The first kappa shape index (κ1) is 6.64. The maximum Gasteiger partial charge on any atom is 0.0543 e. The average Bonchev–Trinajstić information content (AvgIpc) is 2.17. The second kappa shape index (κ2) is 2.89. The molecule has 0 saturated heterocycles. The molecule has 0 heterocycles. The van der Waals surface area contributed by atoms with Crippen molar-refractivity contribution in [2.45, 2.75) is 31.8 Å². The summed E-state index contributed by atoms with van der Waals surface area (Å²) in [6.07, 6.45) is 8.89. The first-order chi connectivity index (χ1) is 4.33. The van der Waals surface area contributed by atoms with Crippen LogP contribution >= 0.6 is 0 Å². The predicted octanol–water partition coefficient (Wildman–Crippen LogP) is 1.17. The van der Waals surface area contributed by atoms with Gasteiger partial charge in [0.25, 0.3) is 0 Å². The largest absolute Gasteiger partial charge is 0.393 e. The maximum atomic E-state index is 9.06. The molecule has 0 radical (unpaired) electrons. The van der Waals surface area contributed by atoms with Crippen LogP contribution in [0.1, 0.15) is 25.7 Å². The monoisotopic (exact) mass is 124 g/mol. The van der Waals surface area contributed by atoms with E-state index in [4.69, 9.17) is 11.5 Å². The van der Waals surface area contributed by atoms with Crippen molar-refractivity contribution in [3.8, 4) is 12.3 Å². The summed E-state index contributed by atoms with van der Waals surface area (Å²) in [4.78, 5) is 0. The highest BCUT2D eigenvalue weighted by molar-refractivity contribution is 4.89. The minimum Gasteiger partial charge on any atom is -0.393 e. The van der Waals surface area contributed by atoms with E-state index in [1.54, 1.807) is 0 Å². The fourth-order valence-corrected chi connectivity index (χ4v) is 1.40. The topological polar surface area (TPSA) is 20.2 Å². The Balaban J connectivity index is 2.24. The third kappa shape index (κ3) is 1.73. The number of aliphatic hydroxyl groups is 1. The molecular weight excluding hydrogens is 112 g/mol. The second-order valence-corrected chi connectivity index (χ2v) is 2.74. The van der Waals surface area contributed by atoms with Crippen LogP contribution < -0.4 is 0 Å². The molecule has 1 fully saturated rings. The number of hydrogen-bond acceptors (Lipinski definition) is 1. The highest BCUT2D eigenvalue weighted by atomic mass is 16.3. The Morgan fingerprint density at radius 3 is 2.78 bits per heavy atom. The molecule has 0 aromatic heterocycles. The molecule has 50 valence electrons. The van der Waals surface area contributed by atoms with Gasteiger partial charge in [0.05, 0.1) is 6.10 Å². The van der Waals surface area contributed by atoms with Gasteiger partial charge in [0.2, 0.25) is 0 Å². The van der Waals surface area contributed by atoms with Crippen molar-refractivity contribution in [3.05, 3.63) is 0 Å². The number of rotatable bonds is 1. The SMILES string of the molecule is C#CC[C@H]1CC[C@H](O)C1. The van der Waals surface area contributed by atoms with Crippen molar-refractivity contribution in [1.82, 2.24) is 0 Å². The highest BCUT2D eigenvalue weighted by Crippen LogP contribution is 2.27. The minimum atomic E-state index is -0.0663. The summed E-state index contributed by atoms with van der Waals surface area (Å²) in [6.45, 7) is 0. The smallest absolute Gasteiger partial charge is 0.0543 e. The average molecular weight is 124 g/mol. The molecule has 1 aliphatic rings. The second-order valence-electron chi connectivity index (χ2n) is 2.74. The van der Waals surface area contributed by atoms with Crippen molar-refractivity contribution in [2.24, 2.45) is 5.92 Å². The van der Waals surface area contributed by atoms with E-state index in [9.17, 15) is 0 Å². The molecule has 1 N–H and O–H groups in total. The van der Waals surface area contributed by atoms with Gasteiger partial charge in [0.1, 0.15) is 0 Å². The van der Waals surface area contributed by atoms with Gasteiger partial charge in [-0.05, 0) is 25.2 Å². The Bertz CT molecular complexity index is 123. The van der Waals surface area contributed by atoms with Crippen LogP contribution in [0.3, 0.4) is 0 Å². The van der Waals surface area contributed by atoms with E-state index in [1.807, 2.05) is 0 Å². The van der Waals surface area contributed by atoms with Crippen LogP contribution in [-0.4, -0.2) is 11.2 Å². The summed E-state index contributed by atoms with van der Waals surface area (Å²) >= 11 is 0. The van der Waals surface area contributed by atoms with Gasteiger partial charge in [0.15, 0.2) is 0 Å². The van der Waals surface area contributed by atoms with Crippen molar-refractivity contribution in [2.75, 3.05) is 0 Å². The van der Waals surface area contributed by atoms with Crippen LogP contribution in [-0.2, 0) is 0 Å². The van der Waals surface area contributed by atoms with E-state index in [0.717, 1.165) is 25.7 Å². The summed E-state index contributed by atoms with van der Waals surface area (Å²) in [5, 5.41) is 9.06. The molecule has 1 saturated carbocycles. The van der Waals surface area contributed by atoms with Gasteiger partial charge < -0.3 is 5.11 Å². The van der Waals surface area contributed by atoms with Crippen LogP contribution in [0.15, 0.2) is 0 Å². The van der Waals surface area contributed by atoms with E-state index in [-0.39, 0.29) is 6.10 Å². The Hall–Kier alpha value is -0.480. The lowest BCUT2D eigenvalue weighted by Crippen LogP contribution is -1.99. The molecule has 0 aromatic rings. The van der Waals surface area contributed by atoms with Crippen LogP contribution in [0.25, 0.3) is 0 Å². The zero-order valence-corrected chi connectivity index (χ0v) is 5.51. The predicted molar refractivity (Wildman–Crippen MR) is 36.8 cm³/mol. The summed E-state index contributed by atoms with van der Waals surface area (Å²) < 4.78 is 0. The minimum absolute atomic E-state index is 0.0663. The number of terminal acetylenes is 1. The van der Waals surface area contributed by atoms with Crippen LogP contribution in [0, 0.1) is 18.3 Å². The Labute approximate surface area is 56.1 Å². The van der Waals surface area contributed by atoms with Crippen LogP contribution in [0.5, 0.6) is 0 Å². The van der Waals surface area contributed by atoms with Crippen LogP contribution in [0.2, 0.25) is 0 Å². The van der Waals surface area contributed by atoms with Gasteiger partial charge in [-0.1, -0.05) is 0 Å². The van der Waals surface area contributed by atoms with Crippen molar-refractivity contribution in [3.63, 3.8) is 0 Å². The third-order valence-corrected chi connectivity index (χ3v) is 1.92. The summed E-state index contributed by atoms with van der Waals surface area (Å²) in [5.74, 6) is 3.22. The van der Waals surface area contributed by atoms with Gasteiger partial charge in [-0.15, -0.1) is 12.3 Å². The fraction of sp³-hybridized carbons (Fsp3) is 0.750. The molecule has 0 spiro atoms. The normalized spacial score (nSPS) is 34.2. The molecule has 1 rings (SSSR count). The first-order valence-corrected chi connectivity index (χ1v) is 3.44. The molecule has 0 bridgehead atoms. The highest BCUT2D eigenvalue weighted by Gasteiger charge is 2.21. The molecule has 2 atom stereocenters. The molecule has 1 nitrogen and oxygen atoms in total. The van der Waals surface area contributed by atoms with Crippen LogP contribution in [0.4, 0.5) is 0 Å². The lowest BCUT2D eigenvalue weighted by atomic mass is 10.1. The molecule has 0 amide bonds. The number of hydrogen-bond donors (Lipinski definition) is 1. The quantitative estimate of drug-likeness (QED) is 0.520. The third-order valence-electron chi connectivity index (χ3n) is 1.92. The molecule has 9 heavy (non-hydrogen) atoms. The molecule has 1 aliphatic carbocycles. The van der Waals surface area contributed by atoms with Gasteiger partial charge in [-0.3, -0.25) is 0 Å². The molecule has 1 heteroatoms. The van der Waals surface area contributed by atoms with Crippen molar-refractivity contribution >= 4 is 0 Å². The molecule has 0 aliphatic heterocycles. The molecular formula is C8H12O. The lowest BCUT2D eigenvalue weighted by molar-refractivity contribution is 0.178. The van der Waals surface area contributed by atoms with E-state index in [0.29, 0.717) is 5.92 Å². The molecule has 0 unspecified atom stereocenters. The van der Waals surface area contributed by atoms with Gasteiger partial charge >= 0.3 is 0 Å². The Morgan fingerprint density at radius 1 is 1.56 bits per heavy atom. The van der Waals surface area contributed by atoms with Gasteiger partial charge in [-0.2, -0.15) is 0 Å². The molecule has 0 aromatic carbocycles. The van der Waals surface area contributed by atoms with E-state index >= 15 is 0 Å². The van der Waals surface area contributed by atoms with Crippen molar-refractivity contribution < 1.29 is 5.11 Å². The summed E-state index contributed by atoms with van der Waals surface area (Å²) in [6, 6.07) is 0. The fourth-order valence-electron chi connectivity index (χ4n) is 1.40. The first-order valence-electron chi connectivity index (χ1n) is 3.44. The van der Waals surface area contributed by atoms with E-state index in [2.05, 4.69) is 5.92 Å². The van der Waals surface area contributed by atoms with E-state index < -0.39 is 0 Å². The summed E-state index contributed by atoms with van der Waals surface area (Å²) in [5.41, 5.74) is 0. The standard InChI is InChI=1S/C8H12O/c1-2-3-7-4-5-8(9)6-7/h1,7-9H,3-6H2/t7-,8-/m0/s1. The maximum absolute atomic E-state index is 9.06. The van der Waals surface area contributed by atoms with E-state index in [1.165, 1.54) is 0 Å². The van der Waals surface area contributed by atoms with Gasteiger partial charge in [0, 0.05) is 6.42 Å².